The molecular weight excluding hydrogens is 320 g/mol. The molecule has 0 spiro atoms. The molecule has 1 aliphatic heterocycles. The van der Waals surface area contributed by atoms with Gasteiger partial charge in [-0.25, -0.2) is 0 Å². The van der Waals surface area contributed by atoms with Crippen molar-refractivity contribution in [1.82, 2.24) is 30.1 Å². The Morgan fingerprint density at radius 1 is 0.880 bits per heavy atom. The molecule has 0 bridgehead atoms. The Hall–Kier alpha value is -1.80. The smallest absolute Gasteiger partial charge is 0.240 e. The summed E-state index contributed by atoms with van der Waals surface area (Å²) in [6.45, 7) is 6.66. The van der Waals surface area contributed by atoms with Crippen molar-refractivity contribution in [2.75, 3.05) is 19.6 Å². The maximum atomic E-state index is 5.42. The molecule has 2 saturated carbocycles. The summed E-state index contributed by atoms with van der Waals surface area (Å²) < 4.78 is 10.8. The fourth-order valence-electron chi connectivity index (χ4n) is 3.49. The van der Waals surface area contributed by atoms with Crippen molar-refractivity contribution >= 4 is 0 Å². The average Bonchev–Trinajstić information content (AvgIpc) is 3.54. The Balaban J connectivity index is 1.15. The van der Waals surface area contributed by atoms with Crippen molar-refractivity contribution < 1.29 is 9.05 Å². The van der Waals surface area contributed by atoms with Crippen molar-refractivity contribution in [1.29, 1.82) is 0 Å². The molecule has 25 heavy (non-hydrogen) atoms. The van der Waals surface area contributed by atoms with Crippen molar-refractivity contribution in [2.24, 2.45) is 0 Å². The van der Waals surface area contributed by atoms with E-state index in [0.717, 1.165) is 56.2 Å². The quantitative estimate of drug-likeness (QED) is 0.786. The van der Waals surface area contributed by atoms with E-state index in [1.165, 1.54) is 25.7 Å². The highest BCUT2D eigenvalue weighted by Crippen LogP contribution is 2.38. The van der Waals surface area contributed by atoms with Gasteiger partial charge < -0.3 is 9.05 Å². The summed E-state index contributed by atoms with van der Waals surface area (Å²) in [4.78, 5) is 13.9. The van der Waals surface area contributed by atoms with Gasteiger partial charge in [-0.2, -0.15) is 9.97 Å². The molecule has 5 rings (SSSR count). The van der Waals surface area contributed by atoms with Gasteiger partial charge in [0.05, 0.1) is 13.1 Å². The van der Waals surface area contributed by atoms with E-state index in [0.29, 0.717) is 17.9 Å². The monoisotopic (exact) mass is 344 g/mol. The first-order chi connectivity index (χ1) is 12.2. The molecule has 0 N–H and O–H groups in total. The van der Waals surface area contributed by atoms with Crippen LogP contribution in [0, 0.1) is 0 Å². The fraction of sp³-hybridized carbons (Fsp3) is 0.765. The SMILES string of the molecule is C[C@@H]1CN(Cc2nc(C3CC3)no2)CCN1Cc1nc(C2CC2)no1. The predicted octanol–water partition coefficient (Wildman–Crippen LogP) is 1.91. The van der Waals surface area contributed by atoms with Gasteiger partial charge in [0.2, 0.25) is 11.8 Å². The van der Waals surface area contributed by atoms with Crippen LogP contribution in [0.1, 0.15) is 67.9 Å². The maximum Gasteiger partial charge on any atom is 0.240 e. The van der Waals surface area contributed by atoms with Gasteiger partial charge in [-0.1, -0.05) is 10.3 Å². The molecule has 1 saturated heterocycles. The van der Waals surface area contributed by atoms with E-state index in [2.05, 4.69) is 37.0 Å². The molecule has 3 fully saturated rings. The lowest BCUT2D eigenvalue weighted by atomic mass is 10.2. The van der Waals surface area contributed by atoms with Crippen LogP contribution in [0.5, 0.6) is 0 Å². The van der Waals surface area contributed by atoms with E-state index in [1.54, 1.807) is 0 Å². The zero-order valence-corrected chi connectivity index (χ0v) is 14.6. The molecule has 3 heterocycles. The second-order valence-electron chi connectivity index (χ2n) is 7.70. The zero-order valence-electron chi connectivity index (χ0n) is 14.6. The van der Waals surface area contributed by atoms with E-state index in [-0.39, 0.29) is 0 Å². The third-order valence-corrected chi connectivity index (χ3v) is 5.40. The zero-order chi connectivity index (χ0) is 16.8. The van der Waals surface area contributed by atoms with Crippen LogP contribution in [0.25, 0.3) is 0 Å². The van der Waals surface area contributed by atoms with E-state index in [1.807, 2.05) is 0 Å². The first kappa shape index (κ1) is 15.5. The summed E-state index contributed by atoms with van der Waals surface area (Å²) >= 11 is 0. The van der Waals surface area contributed by atoms with Crippen LogP contribution < -0.4 is 0 Å². The average molecular weight is 344 g/mol. The lowest BCUT2D eigenvalue weighted by molar-refractivity contribution is 0.0594. The molecule has 0 unspecified atom stereocenters. The molecule has 2 aromatic heterocycles. The number of rotatable bonds is 6. The lowest BCUT2D eigenvalue weighted by Gasteiger charge is -2.38. The molecule has 2 aromatic rings. The summed E-state index contributed by atoms with van der Waals surface area (Å²) in [5.74, 6) is 4.36. The normalized spacial score (nSPS) is 25.6. The molecule has 0 radical (unpaired) electrons. The second kappa shape index (κ2) is 6.17. The van der Waals surface area contributed by atoms with Gasteiger partial charge in [0.25, 0.3) is 0 Å². The highest BCUT2D eigenvalue weighted by atomic mass is 16.5. The Labute approximate surface area is 146 Å². The molecular formula is C17H24N6O2. The number of nitrogens with zero attached hydrogens (tertiary/aromatic N) is 6. The van der Waals surface area contributed by atoms with E-state index < -0.39 is 0 Å². The topological polar surface area (TPSA) is 84.3 Å². The van der Waals surface area contributed by atoms with Crippen LogP contribution in [-0.4, -0.2) is 55.8 Å². The molecule has 2 aliphatic carbocycles. The summed E-state index contributed by atoms with van der Waals surface area (Å²) in [6.07, 6.45) is 4.80. The fourth-order valence-corrected chi connectivity index (χ4v) is 3.49. The molecule has 8 heteroatoms. The van der Waals surface area contributed by atoms with Crippen molar-refractivity contribution in [2.45, 2.75) is 63.6 Å². The van der Waals surface area contributed by atoms with Gasteiger partial charge in [0.1, 0.15) is 0 Å². The summed E-state index contributed by atoms with van der Waals surface area (Å²) in [5, 5.41) is 8.21. The Kier molecular flexibility index (Phi) is 3.82. The number of hydrogen-bond donors (Lipinski definition) is 0. The van der Waals surface area contributed by atoms with Crippen LogP contribution in [0.2, 0.25) is 0 Å². The minimum absolute atomic E-state index is 0.427. The van der Waals surface area contributed by atoms with Gasteiger partial charge in [-0.15, -0.1) is 0 Å². The van der Waals surface area contributed by atoms with Crippen LogP contribution in [0.15, 0.2) is 9.05 Å². The van der Waals surface area contributed by atoms with Crippen molar-refractivity contribution in [3.8, 4) is 0 Å². The van der Waals surface area contributed by atoms with Gasteiger partial charge in [-0.05, 0) is 32.6 Å². The number of piperazine rings is 1. The lowest BCUT2D eigenvalue weighted by Crippen LogP contribution is -2.51. The standard InChI is InChI=1S/C17H24N6O2/c1-11-8-22(9-14-18-16(20-24-14)12-2-3-12)6-7-23(11)10-15-19-17(21-25-15)13-4-5-13/h11-13H,2-10H2,1H3/t11-/m1/s1. The highest BCUT2D eigenvalue weighted by molar-refractivity contribution is 5.04. The van der Waals surface area contributed by atoms with Crippen LogP contribution >= 0.6 is 0 Å². The predicted molar refractivity (Wildman–Crippen MR) is 87.7 cm³/mol. The van der Waals surface area contributed by atoms with E-state index in [4.69, 9.17) is 9.05 Å². The second-order valence-corrected chi connectivity index (χ2v) is 7.70. The minimum Gasteiger partial charge on any atom is -0.338 e. The minimum atomic E-state index is 0.427. The molecule has 8 nitrogen and oxygen atoms in total. The molecule has 1 atom stereocenters. The van der Waals surface area contributed by atoms with Gasteiger partial charge in [0, 0.05) is 37.5 Å². The van der Waals surface area contributed by atoms with Crippen molar-refractivity contribution in [3.05, 3.63) is 23.4 Å². The molecule has 3 aliphatic rings. The largest absolute Gasteiger partial charge is 0.338 e. The van der Waals surface area contributed by atoms with Gasteiger partial charge >= 0.3 is 0 Å². The highest BCUT2D eigenvalue weighted by Gasteiger charge is 2.31. The third-order valence-electron chi connectivity index (χ3n) is 5.40. The molecule has 0 amide bonds. The summed E-state index contributed by atoms with van der Waals surface area (Å²) in [5.41, 5.74) is 0. The third kappa shape index (κ3) is 3.46. The molecule has 134 valence electrons. The van der Waals surface area contributed by atoms with E-state index in [9.17, 15) is 0 Å². The van der Waals surface area contributed by atoms with Crippen LogP contribution in [-0.2, 0) is 13.1 Å². The Morgan fingerprint density at radius 2 is 1.48 bits per heavy atom. The summed E-state index contributed by atoms with van der Waals surface area (Å²) in [7, 11) is 0. The Bertz CT molecular complexity index is 735. The van der Waals surface area contributed by atoms with E-state index >= 15 is 0 Å². The maximum absolute atomic E-state index is 5.42. The van der Waals surface area contributed by atoms with Crippen LogP contribution in [0.4, 0.5) is 0 Å². The van der Waals surface area contributed by atoms with Crippen molar-refractivity contribution in [3.63, 3.8) is 0 Å². The van der Waals surface area contributed by atoms with Gasteiger partial charge in [0.15, 0.2) is 11.6 Å². The summed E-state index contributed by atoms with van der Waals surface area (Å²) in [6, 6.07) is 0.427. The molecule has 0 aromatic carbocycles. The van der Waals surface area contributed by atoms with Crippen LogP contribution in [0.3, 0.4) is 0 Å². The first-order valence-corrected chi connectivity index (χ1v) is 9.36. The number of hydrogen-bond acceptors (Lipinski definition) is 8. The first-order valence-electron chi connectivity index (χ1n) is 9.36. The number of aromatic nitrogens is 4. The van der Waals surface area contributed by atoms with Gasteiger partial charge in [-0.3, -0.25) is 9.80 Å². The Morgan fingerprint density at radius 3 is 2.04 bits per heavy atom.